The summed E-state index contributed by atoms with van der Waals surface area (Å²) in [5.74, 6) is -0.0764. The predicted molar refractivity (Wildman–Crippen MR) is 102 cm³/mol. The summed E-state index contributed by atoms with van der Waals surface area (Å²) in [6.45, 7) is 4.14. The van der Waals surface area contributed by atoms with Gasteiger partial charge in [0.25, 0.3) is 0 Å². The molecule has 0 radical (unpaired) electrons. The van der Waals surface area contributed by atoms with Crippen molar-refractivity contribution in [3.05, 3.63) is 48.3 Å². The number of fused-ring (bicyclic) bond motifs is 1. The monoisotopic (exact) mass is 404 g/mol. The number of hydrogen-bond acceptors (Lipinski definition) is 7. The minimum atomic E-state index is -3.74. The lowest BCUT2D eigenvalue weighted by molar-refractivity contribution is 0.0450. The zero-order valence-corrected chi connectivity index (χ0v) is 16.2. The van der Waals surface area contributed by atoms with Crippen molar-refractivity contribution in [2.24, 2.45) is 5.14 Å². The van der Waals surface area contributed by atoms with Crippen molar-refractivity contribution < 1.29 is 22.7 Å². The van der Waals surface area contributed by atoms with Gasteiger partial charge in [0, 0.05) is 17.6 Å². The lowest BCUT2D eigenvalue weighted by atomic mass is 10.2. The molecule has 0 fully saturated rings. The predicted octanol–water partition coefficient (Wildman–Crippen LogP) is 1.90. The van der Waals surface area contributed by atoms with E-state index in [0.29, 0.717) is 17.0 Å². The fraction of sp³-hybridized carbons (Fsp3) is 0.278. The third kappa shape index (κ3) is 4.46. The van der Waals surface area contributed by atoms with E-state index >= 15 is 0 Å². The Hall–Kier alpha value is -2.98. The van der Waals surface area contributed by atoms with Gasteiger partial charge in [0.1, 0.15) is 19.0 Å². The topological polar surface area (TPSA) is 126 Å². The number of carbonyl (C=O) groups excluding carboxylic acids is 1. The molecule has 0 spiro atoms. The first-order valence-corrected chi connectivity index (χ1v) is 10.1. The first kappa shape index (κ1) is 19.8. The van der Waals surface area contributed by atoms with Crippen molar-refractivity contribution in [2.75, 3.05) is 13.2 Å². The first-order chi connectivity index (χ1) is 13.3. The second-order valence-electron chi connectivity index (χ2n) is 6.32. The molecule has 0 atom stereocenters. The number of pyridine rings is 1. The second kappa shape index (κ2) is 7.95. The number of esters is 1. The molecule has 148 valence electrons. The summed E-state index contributed by atoms with van der Waals surface area (Å²) in [5, 5.41) is 10.1. The molecule has 3 aromatic rings. The zero-order chi connectivity index (χ0) is 20.3. The molecule has 2 N–H and O–H groups in total. The molecule has 0 aliphatic rings. The fourth-order valence-corrected chi connectivity index (χ4v) is 3.05. The van der Waals surface area contributed by atoms with Gasteiger partial charge in [0.05, 0.1) is 16.7 Å². The van der Waals surface area contributed by atoms with Gasteiger partial charge < -0.3 is 9.47 Å². The van der Waals surface area contributed by atoms with Gasteiger partial charge >= 0.3 is 5.97 Å². The summed E-state index contributed by atoms with van der Waals surface area (Å²) in [4.78, 5) is 16.5. The summed E-state index contributed by atoms with van der Waals surface area (Å²) >= 11 is 0. The summed E-state index contributed by atoms with van der Waals surface area (Å²) in [6.07, 6.45) is 3.12. The lowest BCUT2D eigenvalue weighted by Gasteiger charge is -2.08. The Labute approximate surface area is 162 Å². The van der Waals surface area contributed by atoms with Gasteiger partial charge in [0.2, 0.25) is 10.0 Å². The number of carbonyl (C=O) groups is 1. The Morgan fingerprint density at radius 3 is 2.54 bits per heavy atom. The van der Waals surface area contributed by atoms with Gasteiger partial charge in [-0.25, -0.2) is 28.0 Å². The van der Waals surface area contributed by atoms with E-state index in [1.807, 2.05) is 13.8 Å². The Morgan fingerprint density at radius 2 is 1.89 bits per heavy atom. The average Bonchev–Trinajstić information content (AvgIpc) is 3.08. The van der Waals surface area contributed by atoms with Crippen LogP contribution in [0.2, 0.25) is 0 Å². The largest absolute Gasteiger partial charge is 0.490 e. The third-order valence-electron chi connectivity index (χ3n) is 3.90. The third-order valence-corrected chi connectivity index (χ3v) is 4.82. The molecule has 0 amide bonds. The molecule has 9 nitrogen and oxygen atoms in total. The molecule has 3 rings (SSSR count). The molecule has 0 aliphatic carbocycles. The molecular weight excluding hydrogens is 384 g/mol. The maximum atomic E-state index is 12.2. The van der Waals surface area contributed by atoms with Crippen LogP contribution in [0.4, 0.5) is 0 Å². The highest BCUT2D eigenvalue weighted by molar-refractivity contribution is 7.89. The number of rotatable bonds is 7. The number of hydrogen-bond donors (Lipinski definition) is 1. The smallest absolute Gasteiger partial charge is 0.339 e. The summed E-state index contributed by atoms with van der Waals surface area (Å²) in [7, 11) is -3.74. The number of nitrogens with two attached hydrogens (primary N) is 1. The van der Waals surface area contributed by atoms with Gasteiger partial charge in [-0.15, -0.1) is 0 Å². The summed E-state index contributed by atoms with van der Waals surface area (Å²) in [6, 6.07) is 7.49. The van der Waals surface area contributed by atoms with Crippen LogP contribution in [0.5, 0.6) is 5.75 Å². The van der Waals surface area contributed by atoms with Crippen molar-refractivity contribution in [3.63, 3.8) is 0 Å². The van der Waals surface area contributed by atoms with Crippen LogP contribution in [0, 0.1) is 0 Å². The second-order valence-corrected chi connectivity index (χ2v) is 7.88. The van der Waals surface area contributed by atoms with E-state index in [-0.39, 0.29) is 24.2 Å². The van der Waals surface area contributed by atoms with Crippen molar-refractivity contribution in [2.45, 2.75) is 24.8 Å². The highest BCUT2D eigenvalue weighted by Crippen LogP contribution is 2.17. The molecule has 0 saturated heterocycles. The normalized spacial score (nSPS) is 11.7. The van der Waals surface area contributed by atoms with Crippen LogP contribution in [-0.4, -0.2) is 42.4 Å². The maximum Gasteiger partial charge on any atom is 0.339 e. The molecule has 1 aromatic carbocycles. The maximum absolute atomic E-state index is 12.2. The Kier molecular flexibility index (Phi) is 5.61. The molecule has 0 bridgehead atoms. The number of benzene rings is 1. The molecule has 0 saturated carbocycles. The van der Waals surface area contributed by atoms with Crippen molar-refractivity contribution in [1.82, 2.24) is 14.8 Å². The van der Waals surface area contributed by atoms with Crippen molar-refractivity contribution >= 4 is 27.0 Å². The van der Waals surface area contributed by atoms with Crippen molar-refractivity contribution in [1.29, 1.82) is 0 Å². The number of sulfonamides is 1. The fourth-order valence-electron chi connectivity index (χ4n) is 2.53. The van der Waals surface area contributed by atoms with Crippen LogP contribution in [0.25, 0.3) is 11.0 Å². The van der Waals surface area contributed by atoms with Crippen LogP contribution in [0.15, 0.2) is 47.6 Å². The average molecular weight is 404 g/mol. The molecule has 10 heteroatoms. The number of ether oxygens (including phenoxy) is 2. The Morgan fingerprint density at radius 1 is 1.18 bits per heavy atom. The standard InChI is InChI=1S/C18H20N4O5S/c1-12(2)22-17-13(11-21-22)9-14(10-20-17)18(23)27-8-7-26-15-3-5-16(6-4-15)28(19,24)25/h3-6,9-12H,7-8H2,1-2H3,(H2,19,24,25). The SMILES string of the molecule is CC(C)n1ncc2cc(C(=O)OCCOc3ccc(S(N)(=O)=O)cc3)cnc21. The van der Waals surface area contributed by atoms with E-state index in [1.54, 1.807) is 16.9 Å². The first-order valence-electron chi connectivity index (χ1n) is 8.52. The van der Waals surface area contributed by atoms with Crippen LogP contribution >= 0.6 is 0 Å². The van der Waals surface area contributed by atoms with Gasteiger partial charge in [-0.3, -0.25) is 0 Å². The van der Waals surface area contributed by atoms with E-state index < -0.39 is 16.0 Å². The number of aromatic nitrogens is 3. The molecule has 2 aromatic heterocycles. The molecule has 0 aliphatic heterocycles. The molecule has 28 heavy (non-hydrogen) atoms. The van der Waals surface area contributed by atoms with E-state index in [0.717, 1.165) is 5.39 Å². The Bertz CT molecular complexity index is 1090. The van der Waals surface area contributed by atoms with Gasteiger partial charge in [0.15, 0.2) is 5.65 Å². The zero-order valence-electron chi connectivity index (χ0n) is 15.4. The van der Waals surface area contributed by atoms with Crippen LogP contribution in [0.1, 0.15) is 30.2 Å². The van der Waals surface area contributed by atoms with Crippen LogP contribution < -0.4 is 9.88 Å². The molecular formula is C18H20N4O5S. The van der Waals surface area contributed by atoms with Gasteiger partial charge in [-0.05, 0) is 44.2 Å². The number of nitrogens with zero attached hydrogens (tertiary/aromatic N) is 3. The van der Waals surface area contributed by atoms with E-state index in [9.17, 15) is 13.2 Å². The summed E-state index contributed by atoms with van der Waals surface area (Å²) in [5.41, 5.74) is 1.03. The molecule has 0 unspecified atom stereocenters. The van der Waals surface area contributed by atoms with E-state index in [1.165, 1.54) is 30.5 Å². The lowest BCUT2D eigenvalue weighted by Crippen LogP contribution is -2.13. The minimum Gasteiger partial charge on any atom is -0.490 e. The van der Waals surface area contributed by atoms with Crippen LogP contribution in [0.3, 0.4) is 0 Å². The quantitative estimate of drug-likeness (QED) is 0.471. The summed E-state index contributed by atoms with van der Waals surface area (Å²) < 4.78 is 34.8. The highest BCUT2D eigenvalue weighted by atomic mass is 32.2. The number of primary sulfonamides is 1. The Balaban J connectivity index is 1.54. The van der Waals surface area contributed by atoms with Gasteiger partial charge in [-0.1, -0.05) is 0 Å². The van der Waals surface area contributed by atoms with E-state index in [4.69, 9.17) is 14.6 Å². The minimum absolute atomic E-state index is 0.00467. The van der Waals surface area contributed by atoms with Gasteiger partial charge in [-0.2, -0.15) is 5.10 Å². The molecule has 2 heterocycles. The highest BCUT2D eigenvalue weighted by Gasteiger charge is 2.13. The van der Waals surface area contributed by atoms with Crippen LogP contribution in [-0.2, 0) is 14.8 Å². The van der Waals surface area contributed by atoms with E-state index in [2.05, 4.69) is 10.1 Å². The van der Waals surface area contributed by atoms with Crippen molar-refractivity contribution in [3.8, 4) is 5.75 Å².